The summed E-state index contributed by atoms with van der Waals surface area (Å²) in [6.07, 6.45) is 2.21. The van der Waals surface area contributed by atoms with Crippen LogP contribution >= 0.6 is 0 Å². The molecule has 6 heteroatoms. The Labute approximate surface area is 160 Å². The first-order valence-corrected chi connectivity index (χ1v) is 10.4. The number of benzene rings is 2. The Kier molecular flexibility index (Phi) is 5.77. The van der Waals surface area contributed by atoms with E-state index in [9.17, 15) is 13.2 Å². The van der Waals surface area contributed by atoms with Gasteiger partial charge in [0.15, 0.2) is 0 Å². The summed E-state index contributed by atoms with van der Waals surface area (Å²) in [4.78, 5) is 12.4. The molecule has 0 fully saturated rings. The van der Waals surface area contributed by atoms with E-state index in [4.69, 9.17) is 4.74 Å². The molecule has 2 aromatic rings. The summed E-state index contributed by atoms with van der Waals surface area (Å²) in [6, 6.07) is 15.9. The molecule has 1 aliphatic rings. The number of sulfonamides is 1. The molecule has 27 heavy (non-hydrogen) atoms. The third kappa shape index (κ3) is 4.12. The largest absolute Gasteiger partial charge is 0.463 e. The maximum atomic E-state index is 13.4. The second kappa shape index (κ2) is 8.06. The predicted molar refractivity (Wildman–Crippen MR) is 104 cm³/mol. The molecule has 1 aliphatic heterocycles. The molecule has 0 bridgehead atoms. The molecular weight excluding hydrogens is 362 g/mol. The van der Waals surface area contributed by atoms with Crippen LogP contribution in [-0.2, 0) is 19.6 Å². The number of hydrogen-bond acceptors (Lipinski definition) is 4. The first kappa shape index (κ1) is 19.3. The normalized spacial score (nSPS) is 18.0. The molecule has 0 amide bonds. The Morgan fingerprint density at radius 3 is 2.41 bits per heavy atom. The van der Waals surface area contributed by atoms with Gasteiger partial charge in [-0.2, -0.15) is 4.31 Å². The van der Waals surface area contributed by atoms with Gasteiger partial charge in [-0.15, -0.1) is 0 Å². The molecule has 0 spiro atoms. The molecule has 0 saturated carbocycles. The maximum absolute atomic E-state index is 13.4. The lowest BCUT2D eigenvalue weighted by molar-refractivity contribution is -0.138. The quantitative estimate of drug-likeness (QED) is 0.738. The molecular formula is C21H23NO4S. The smallest absolute Gasteiger partial charge is 0.335 e. The summed E-state index contributed by atoms with van der Waals surface area (Å²) in [7, 11) is -3.77. The molecule has 0 aliphatic carbocycles. The molecule has 0 N–H and O–H groups in total. The fourth-order valence-corrected chi connectivity index (χ4v) is 4.76. The van der Waals surface area contributed by atoms with Crippen molar-refractivity contribution in [2.24, 2.45) is 0 Å². The van der Waals surface area contributed by atoms with Gasteiger partial charge >= 0.3 is 5.97 Å². The van der Waals surface area contributed by atoms with Crippen molar-refractivity contribution in [1.82, 2.24) is 4.31 Å². The molecule has 1 heterocycles. The van der Waals surface area contributed by atoms with Gasteiger partial charge in [0.1, 0.15) is 0 Å². The van der Waals surface area contributed by atoms with Gasteiger partial charge in [0.2, 0.25) is 10.0 Å². The van der Waals surface area contributed by atoms with Crippen LogP contribution in [0.1, 0.15) is 30.5 Å². The molecule has 5 nitrogen and oxygen atoms in total. The van der Waals surface area contributed by atoms with E-state index in [1.807, 2.05) is 37.3 Å². The zero-order valence-corrected chi connectivity index (χ0v) is 16.3. The highest BCUT2D eigenvalue weighted by Gasteiger charge is 2.36. The lowest BCUT2D eigenvalue weighted by Crippen LogP contribution is -2.40. The summed E-state index contributed by atoms with van der Waals surface area (Å²) in [6.45, 7) is 3.89. The Morgan fingerprint density at radius 2 is 1.78 bits per heavy atom. The van der Waals surface area contributed by atoms with Gasteiger partial charge in [-0.05, 0) is 38.0 Å². The van der Waals surface area contributed by atoms with Crippen molar-refractivity contribution in [3.05, 3.63) is 77.4 Å². The molecule has 2 aromatic carbocycles. The fraction of sp³-hybridized carbons (Fsp3) is 0.286. The van der Waals surface area contributed by atoms with Crippen LogP contribution in [0.25, 0.3) is 0 Å². The monoisotopic (exact) mass is 385 g/mol. The molecule has 0 unspecified atom stereocenters. The summed E-state index contributed by atoms with van der Waals surface area (Å²) >= 11 is 0. The highest BCUT2D eigenvalue weighted by atomic mass is 32.2. The van der Waals surface area contributed by atoms with Gasteiger partial charge < -0.3 is 4.74 Å². The number of ether oxygens (including phenoxy) is 1. The number of carbonyl (C=O) groups excluding carboxylic acids is 1. The van der Waals surface area contributed by atoms with Crippen molar-refractivity contribution in [2.45, 2.75) is 31.2 Å². The lowest BCUT2D eigenvalue weighted by atomic mass is 9.98. The van der Waals surface area contributed by atoms with Gasteiger partial charge in [0.25, 0.3) is 0 Å². The van der Waals surface area contributed by atoms with E-state index in [-0.39, 0.29) is 24.1 Å². The van der Waals surface area contributed by atoms with E-state index in [0.717, 1.165) is 11.1 Å². The van der Waals surface area contributed by atoms with E-state index < -0.39 is 16.0 Å². The number of nitrogens with zero attached hydrogens (tertiary/aromatic N) is 1. The van der Waals surface area contributed by atoms with E-state index in [1.165, 1.54) is 4.31 Å². The predicted octanol–water partition coefficient (Wildman–Crippen LogP) is 3.62. The summed E-state index contributed by atoms with van der Waals surface area (Å²) in [5.41, 5.74) is 2.26. The van der Waals surface area contributed by atoms with Crippen LogP contribution in [0.15, 0.2) is 71.1 Å². The average Bonchev–Trinajstić information content (AvgIpc) is 2.69. The lowest BCUT2D eigenvalue weighted by Gasteiger charge is -2.34. The van der Waals surface area contributed by atoms with Crippen molar-refractivity contribution in [1.29, 1.82) is 0 Å². The molecule has 3 rings (SSSR count). The number of hydrogen-bond donors (Lipinski definition) is 0. The number of rotatable bonds is 5. The van der Waals surface area contributed by atoms with E-state index in [0.29, 0.717) is 12.0 Å². The van der Waals surface area contributed by atoms with Crippen LogP contribution in [-0.4, -0.2) is 31.8 Å². The van der Waals surface area contributed by atoms with Gasteiger partial charge in [-0.1, -0.05) is 54.1 Å². The van der Waals surface area contributed by atoms with E-state index >= 15 is 0 Å². The van der Waals surface area contributed by atoms with Crippen LogP contribution < -0.4 is 0 Å². The second-order valence-electron chi connectivity index (χ2n) is 6.48. The average molecular weight is 385 g/mol. The van der Waals surface area contributed by atoms with Crippen LogP contribution in [0.2, 0.25) is 0 Å². The molecule has 0 aromatic heterocycles. The van der Waals surface area contributed by atoms with Crippen molar-refractivity contribution in [3.8, 4) is 0 Å². The van der Waals surface area contributed by atoms with Gasteiger partial charge in [-0.3, -0.25) is 0 Å². The third-order valence-corrected chi connectivity index (χ3v) is 6.48. The number of aryl methyl sites for hydroxylation is 1. The molecule has 0 radical (unpaired) electrons. The third-order valence-electron chi connectivity index (χ3n) is 4.61. The zero-order chi connectivity index (χ0) is 19.4. The van der Waals surface area contributed by atoms with Crippen molar-refractivity contribution >= 4 is 16.0 Å². The van der Waals surface area contributed by atoms with Crippen LogP contribution in [0.5, 0.6) is 0 Å². The van der Waals surface area contributed by atoms with Gasteiger partial charge in [-0.25, -0.2) is 13.2 Å². The summed E-state index contributed by atoms with van der Waals surface area (Å²) < 4.78 is 33.2. The number of carbonyl (C=O) groups is 1. The summed E-state index contributed by atoms with van der Waals surface area (Å²) in [5.74, 6) is -0.465. The molecule has 142 valence electrons. The molecule has 1 atom stereocenters. The van der Waals surface area contributed by atoms with Gasteiger partial charge in [0, 0.05) is 12.1 Å². The van der Waals surface area contributed by atoms with Crippen LogP contribution in [0.3, 0.4) is 0 Å². The number of esters is 1. The first-order valence-electron chi connectivity index (χ1n) is 8.93. The van der Waals surface area contributed by atoms with Crippen molar-refractivity contribution in [3.63, 3.8) is 0 Å². The van der Waals surface area contributed by atoms with Crippen LogP contribution in [0.4, 0.5) is 0 Å². The minimum atomic E-state index is -3.77. The SMILES string of the molecule is CCOC(=O)C1=CC[C@H](c2ccccc2)N(S(=O)(=O)c2ccc(C)cc2)C1. The van der Waals surface area contributed by atoms with Crippen molar-refractivity contribution in [2.75, 3.05) is 13.2 Å². The highest BCUT2D eigenvalue weighted by Crippen LogP contribution is 2.35. The Hall–Kier alpha value is -2.44. The highest BCUT2D eigenvalue weighted by molar-refractivity contribution is 7.89. The standard InChI is InChI=1S/C21H23NO4S/c1-3-26-21(23)18-11-14-20(17-7-5-4-6-8-17)22(15-18)27(24,25)19-12-9-16(2)10-13-19/h4-13,20H,3,14-15H2,1-2H3/t20-/m1/s1. The van der Waals surface area contributed by atoms with Crippen molar-refractivity contribution < 1.29 is 17.9 Å². The molecule has 0 saturated heterocycles. The zero-order valence-electron chi connectivity index (χ0n) is 15.5. The fourth-order valence-electron chi connectivity index (χ4n) is 3.16. The minimum absolute atomic E-state index is 0.00535. The van der Waals surface area contributed by atoms with Gasteiger partial charge in [0.05, 0.1) is 17.5 Å². The second-order valence-corrected chi connectivity index (χ2v) is 8.37. The van der Waals surface area contributed by atoms with Crippen LogP contribution in [0, 0.1) is 6.92 Å². The summed E-state index contributed by atoms with van der Waals surface area (Å²) in [5, 5.41) is 0. The maximum Gasteiger partial charge on any atom is 0.335 e. The minimum Gasteiger partial charge on any atom is -0.463 e. The van der Waals surface area contributed by atoms with E-state index in [1.54, 1.807) is 37.3 Å². The topological polar surface area (TPSA) is 63.7 Å². The Morgan fingerprint density at radius 1 is 1.11 bits per heavy atom. The Balaban J connectivity index is 2.02. The Bertz CT molecular complexity index is 934. The first-order chi connectivity index (χ1) is 12.9. The van der Waals surface area contributed by atoms with E-state index in [2.05, 4.69) is 0 Å².